The van der Waals surface area contributed by atoms with Crippen LogP contribution in [0.4, 0.5) is 5.69 Å². The van der Waals surface area contributed by atoms with E-state index >= 15 is 0 Å². The lowest BCUT2D eigenvalue weighted by atomic mass is 10.1. The maximum absolute atomic E-state index is 9.61. The van der Waals surface area contributed by atoms with Crippen LogP contribution in [0.15, 0.2) is 53.5 Å². The molecule has 2 aromatic carbocycles. The Morgan fingerprint density at radius 1 is 1.14 bits per heavy atom. The summed E-state index contributed by atoms with van der Waals surface area (Å²) in [6.07, 6.45) is 1.61. The zero-order valence-corrected chi connectivity index (χ0v) is 19.2. The van der Waals surface area contributed by atoms with E-state index in [-0.39, 0.29) is 30.1 Å². The lowest BCUT2D eigenvalue weighted by Crippen LogP contribution is -2.35. The Hall–Kier alpha value is -1.68. The van der Waals surface area contributed by atoms with Crippen molar-refractivity contribution in [2.75, 3.05) is 25.5 Å². The number of guanidine groups is 1. The van der Waals surface area contributed by atoms with Gasteiger partial charge < -0.3 is 20.9 Å². The molecule has 0 radical (unpaired) electrons. The minimum atomic E-state index is -0.128. The van der Waals surface area contributed by atoms with Gasteiger partial charge in [0.15, 0.2) is 5.96 Å². The second-order valence-electron chi connectivity index (χ2n) is 7.24. The average molecular weight is 510 g/mol. The Morgan fingerprint density at radius 3 is 2.48 bits per heavy atom. The number of nitrogens with one attached hydrogen (secondary N) is 1. The molecular weight excluding hydrogens is 479 g/mol. The number of ether oxygens (including phenoxy) is 1. The monoisotopic (exact) mass is 510 g/mol. The fourth-order valence-corrected chi connectivity index (χ4v) is 3.36. The molecule has 0 aliphatic carbocycles. The summed E-state index contributed by atoms with van der Waals surface area (Å²) < 4.78 is 5.21. The number of rotatable bonds is 7. The molecule has 0 amide bonds. The number of aliphatic hydroxyl groups excluding tert-OH is 1. The van der Waals surface area contributed by atoms with Crippen LogP contribution >= 0.6 is 24.0 Å². The number of aliphatic imine (C=N–C) groups is 1. The summed E-state index contributed by atoms with van der Waals surface area (Å²) in [7, 11) is 1.67. The molecule has 158 valence electrons. The summed E-state index contributed by atoms with van der Waals surface area (Å²) in [4.78, 5) is 6.84. The van der Waals surface area contributed by atoms with E-state index in [4.69, 9.17) is 10.5 Å². The van der Waals surface area contributed by atoms with Crippen LogP contribution < -0.4 is 11.1 Å². The number of halogens is 1. The number of piperidine rings is 1. The van der Waals surface area contributed by atoms with E-state index in [0.29, 0.717) is 19.1 Å². The fourth-order valence-electron chi connectivity index (χ4n) is 3.36. The third-order valence-electron chi connectivity index (χ3n) is 5.00. The van der Waals surface area contributed by atoms with Crippen LogP contribution in [-0.2, 0) is 24.4 Å². The quantitative estimate of drug-likeness (QED) is 0.303. The Labute approximate surface area is 190 Å². The van der Waals surface area contributed by atoms with E-state index in [1.54, 1.807) is 7.11 Å². The van der Waals surface area contributed by atoms with Gasteiger partial charge in [0.25, 0.3) is 0 Å². The van der Waals surface area contributed by atoms with E-state index < -0.39 is 0 Å². The van der Waals surface area contributed by atoms with E-state index in [9.17, 15) is 5.11 Å². The van der Waals surface area contributed by atoms with Crippen LogP contribution in [-0.4, -0.2) is 42.3 Å². The van der Waals surface area contributed by atoms with Crippen molar-refractivity contribution in [1.82, 2.24) is 4.90 Å². The first-order chi connectivity index (χ1) is 13.6. The second kappa shape index (κ2) is 12.1. The highest BCUT2D eigenvalue weighted by atomic mass is 127. The summed E-state index contributed by atoms with van der Waals surface area (Å²) in [5, 5.41) is 12.8. The topological polar surface area (TPSA) is 83.1 Å². The zero-order chi connectivity index (χ0) is 19.8. The van der Waals surface area contributed by atoms with Gasteiger partial charge in [0.05, 0.1) is 19.3 Å². The standard InChI is InChI=1S/C22H30N4O2.HI/c1-28-16-19-4-2-3-5-21(19)25-22(23)24-14-17-6-8-18(9-7-17)15-26-12-10-20(27)11-13-26;/h2-9,20,27H,10-16H2,1H3,(H3,23,24,25);1H. The van der Waals surface area contributed by atoms with Gasteiger partial charge in [0, 0.05) is 38.0 Å². The number of nitrogens with two attached hydrogens (primary N) is 1. The summed E-state index contributed by atoms with van der Waals surface area (Å²) >= 11 is 0. The fraction of sp³-hybridized carbons (Fsp3) is 0.409. The Bertz CT molecular complexity index is 775. The molecule has 1 heterocycles. The summed E-state index contributed by atoms with van der Waals surface area (Å²) in [5.41, 5.74) is 10.4. The Kier molecular flexibility index (Phi) is 9.86. The van der Waals surface area contributed by atoms with Gasteiger partial charge in [-0.1, -0.05) is 42.5 Å². The molecule has 6 nitrogen and oxygen atoms in total. The number of benzene rings is 2. The summed E-state index contributed by atoms with van der Waals surface area (Å²) in [6, 6.07) is 16.4. The van der Waals surface area contributed by atoms with Crippen molar-refractivity contribution in [3.63, 3.8) is 0 Å². The van der Waals surface area contributed by atoms with Crippen LogP contribution in [0.3, 0.4) is 0 Å². The number of aliphatic hydroxyl groups is 1. The lowest BCUT2D eigenvalue weighted by molar-refractivity contribution is 0.0792. The average Bonchev–Trinajstić information content (AvgIpc) is 2.71. The van der Waals surface area contributed by atoms with Gasteiger partial charge in [-0.3, -0.25) is 4.90 Å². The molecule has 2 aromatic rings. The zero-order valence-electron chi connectivity index (χ0n) is 16.9. The molecule has 7 heteroatoms. The minimum absolute atomic E-state index is 0. The van der Waals surface area contributed by atoms with Gasteiger partial charge in [0.2, 0.25) is 0 Å². The molecule has 0 bridgehead atoms. The first-order valence-corrected chi connectivity index (χ1v) is 9.76. The smallest absolute Gasteiger partial charge is 0.193 e. The van der Waals surface area contributed by atoms with Gasteiger partial charge in [0.1, 0.15) is 0 Å². The van der Waals surface area contributed by atoms with Crippen LogP contribution in [0, 0.1) is 0 Å². The molecule has 0 atom stereocenters. The molecule has 0 spiro atoms. The number of likely N-dealkylation sites (tertiary alicyclic amines) is 1. The molecule has 29 heavy (non-hydrogen) atoms. The van der Waals surface area contributed by atoms with Crippen molar-refractivity contribution >= 4 is 35.6 Å². The van der Waals surface area contributed by atoms with Gasteiger partial charge in [-0.25, -0.2) is 4.99 Å². The van der Waals surface area contributed by atoms with Crippen molar-refractivity contribution in [3.05, 3.63) is 65.2 Å². The predicted molar refractivity (Wildman–Crippen MR) is 128 cm³/mol. The molecule has 0 aromatic heterocycles. The van der Waals surface area contributed by atoms with Crippen molar-refractivity contribution in [3.8, 4) is 0 Å². The molecule has 1 saturated heterocycles. The maximum Gasteiger partial charge on any atom is 0.193 e. The van der Waals surface area contributed by atoms with Crippen molar-refractivity contribution in [2.45, 2.75) is 38.6 Å². The first kappa shape index (κ1) is 23.6. The van der Waals surface area contributed by atoms with E-state index in [0.717, 1.165) is 49.3 Å². The van der Waals surface area contributed by atoms with Gasteiger partial charge in [-0.15, -0.1) is 24.0 Å². The molecule has 0 unspecified atom stereocenters. The van der Waals surface area contributed by atoms with Crippen LogP contribution in [0.2, 0.25) is 0 Å². The molecular formula is C22H31IN4O2. The highest BCUT2D eigenvalue weighted by molar-refractivity contribution is 14.0. The molecule has 3 rings (SSSR count). The molecule has 1 aliphatic heterocycles. The van der Waals surface area contributed by atoms with E-state index in [1.807, 2.05) is 24.3 Å². The van der Waals surface area contributed by atoms with Crippen molar-refractivity contribution in [2.24, 2.45) is 10.7 Å². The van der Waals surface area contributed by atoms with Crippen molar-refractivity contribution in [1.29, 1.82) is 0 Å². The number of para-hydroxylation sites is 1. The summed E-state index contributed by atoms with van der Waals surface area (Å²) in [6.45, 7) is 3.89. The normalized spacial score (nSPS) is 15.7. The highest BCUT2D eigenvalue weighted by Crippen LogP contribution is 2.16. The maximum atomic E-state index is 9.61. The number of nitrogens with zero attached hydrogens (tertiary/aromatic N) is 2. The van der Waals surface area contributed by atoms with Gasteiger partial charge in [-0.2, -0.15) is 0 Å². The SMILES string of the molecule is COCc1ccccc1NC(N)=NCc1ccc(CN2CCC(O)CC2)cc1.I. The van der Waals surface area contributed by atoms with E-state index in [2.05, 4.69) is 39.5 Å². The third-order valence-corrected chi connectivity index (χ3v) is 5.00. The number of anilines is 1. The first-order valence-electron chi connectivity index (χ1n) is 9.76. The summed E-state index contributed by atoms with van der Waals surface area (Å²) in [5.74, 6) is 0.388. The second-order valence-corrected chi connectivity index (χ2v) is 7.24. The molecule has 4 N–H and O–H groups in total. The lowest BCUT2D eigenvalue weighted by Gasteiger charge is -2.29. The molecule has 0 saturated carbocycles. The van der Waals surface area contributed by atoms with Crippen LogP contribution in [0.1, 0.15) is 29.5 Å². The van der Waals surface area contributed by atoms with Gasteiger partial charge >= 0.3 is 0 Å². The Morgan fingerprint density at radius 2 is 1.79 bits per heavy atom. The third kappa shape index (κ3) is 7.58. The van der Waals surface area contributed by atoms with E-state index in [1.165, 1.54) is 5.56 Å². The van der Waals surface area contributed by atoms with Gasteiger partial charge in [-0.05, 0) is 30.0 Å². The van der Waals surface area contributed by atoms with Crippen molar-refractivity contribution < 1.29 is 9.84 Å². The number of hydrogen-bond acceptors (Lipinski definition) is 4. The van der Waals surface area contributed by atoms with Crippen LogP contribution in [0.25, 0.3) is 0 Å². The number of hydrogen-bond donors (Lipinski definition) is 3. The predicted octanol–water partition coefficient (Wildman–Crippen LogP) is 3.33. The highest BCUT2D eigenvalue weighted by Gasteiger charge is 2.16. The number of methoxy groups -OCH3 is 1. The largest absolute Gasteiger partial charge is 0.393 e. The Balaban J connectivity index is 0.00000300. The minimum Gasteiger partial charge on any atom is -0.393 e. The van der Waals surface area contributed by atoms with Crippen LogP contribution in [0.5, 0.6) is 0 Å². The molecule has 1 aliphatic rings. The molecule has 1 fully saturated rings.